The Morgan fingerprint density at radius 2 is 1.91 bits per heavy atom. The van der Waals surface area contributed by atoms with Gasteiger partial charge < -0.3 is 14.9 Å². The predicted octanol–water partition coefficient (Wildman–Crippen LogP) is 6.07. The molecule has 0 aliphatic heterocycles. The minimum atomic E-state index is -1.75. The summed E-state index contributed by atoms with van der Waals surface area (Å²) in [5.74, 6) is -3.50. The van der Waals surface area contributed by atoms with Crippen molar-refractivity contribution in [2.24, 2.45) is 0 Å². The van der Waals surface area contributed by atoms with E-state index in [9.17, 15) is 29.0 Å². The molecular formula is C23H23ClFNO6S. The lowest BCUT2D eigenvalue weighted by molar-refractivity contribution is -0.133. The Labute approximate surface area is 199 Å². The predicted molar refractivity (Wildman–Crippen MR) is 125 cm³/mol. The molecule has 1 aliphatic rings. The second-order valence-electron chi connectivity index (χ2n) is 6.95. The second kappa shape index (κ2) is 12.2. The standard InChI is InChI=1S/C18H17ClFNO6.C5H6S/c1-2-7-27-15-9-14(13(20)8-12(15)19)21(18(25)26)16(22)10-5-3-4-6-11(10)17(23)24;1-5-3-2-4-6-5/h2,8-9H,1,3-7H2,(H,23,24)(H,25,26);2-4H,1H3. The Bertz CT molecular complexity index is 1070. The zero-order valence-corrected chi connectivity index (χ0v) is 19.4. The van der Waals surface area contributed by atoms with Gasteiger partial charge in [0.15, 0.2) is 0 Å². The largest absolute Gasteiger partial charge is 0.488 e. The minimum absolute atomic E-state index is 0.0279. The van der Waals surface area contributed by atoms with Gasteiger partial charge in [0.25, 0.3) is 5.91 Å². The van der Waals surface area contributed by atoms with E-state index in [1.54, 1.807) is 11.3 Å². The monoisotopic (exact) mass is 495 g/mol. The Balaban J connectivity index is 0.000000554. The number of hydrogen-bond donors (Lipinski definition) is 2. The van der Waals surface area contributed by atoms with E-state index in [0.29, 0.717) is 12.8 Å². The molecule has 3 rings (SSSR count). The quantitative estimate of drug-likeness (QED) is 0.471. The van der Waals surface area contributed by atoms with E-state index in [2.05, 4.69) is 31.0 Å². The lowest BCUT2D eigenvalue weighted by atomic mass is 9.90. The average Bonchev–Trinajstić information content (AvgIpc) is 3.25. The van der Waals surface area contributed by atoms with E-state index in [1.807, 2.05) is 0 Å². The van der Waals surface area contributed by atoms with Crippen molar-refractivity contribution in [1.29, 1.82) is 0 Å². The smallest absolute Gasteiger partial charge is 0.419 e. The maximum atomic E-state index is 14.4. The van der Waals surface area contributed by atoms with Crippen LogP contribution in [0.15, 0.2) is 53.4 Å². The number of benzene rings is 1. The van der Waals surface area contributed by atoms with E-state index >= 15 is 0 Å². The molecule has 1 aliphatic carbocycles. The van der Waals surface area contributed by atoms with Gasteiger partial charge in [0.2, 0.25) is 0 Å². The first-order chi connectivity index (χ1) is 15.7. The fourth-order valence-electron chi connectivity index (χ4n) is 3.12. The third-order valence-corrected chi connectivity index (χ3v) is 5.74. The summed E-state index contributed by atoms with van der Waals surface area (Å²) in [5.41, 5.74) is -0.909. The number of carbonyl (C=O) groups is 3. The van der Waals surface area contributed by atoms with Crippen LogP contribution in [-0.2, 0) is 9.59 Å². The van der Waals surface area contributed by atoms with Crippen molar-refractivity contribution in [2.75, 3.05) is 11.5 Å². The molecule has 0 fully saturated rings. The van der Waals surface area contributed by atoms with Gasteiger partial charge in [-0.05, 0) is 50.1 Å². The first kappa shape index (κ1) is 26.1. The number of carboxylic acids is 1. The fourth-order valence-corrected chi connectivity index (χ4v) is 3.86. The summed E-state index contributed by atoms with van der Waals surface area (Å²) < 4.78 is 19.6. The summed E-state index contributed by atoms with van der Waals surface area (Å²) in [4.78, 5) is 37.4. The molecule has 2 N–H and O–H groups in total. The number of carbonyl (C=O) groups excluding carboxylic acids is 1. The molecular weight excluding hydrogens is 473 g/mol. The number of halogens is 2. The van der Waals surface area contributed by atoms with Crippen molar-refractivity contribution < 1.29 is 33.7 Å². The third-order valence-electron chi connectivity index (χ3n) is 4.64. The van der Waals surface area contributed by atoms with Gasteiger partial charge in [0, 0.05) is 22.1 Å². The lowest BCUT2D eigenvalue weighted by Crippen LogP contribution is -2.38. The molecule has 33 heavy (non-hydrogen) atoms. The molecule has 7 nitrogen and oxygen atoms in total. The van der Waals surface area contributed by atoms with Gasteiger partial charge in [-0.1, -0.05) is 30.3 Å². The van der Waals surface area contributed by atoms with Crippen LogP contribution in [0.1, 0.15) is 30.6 Å². The molecule has 10 heteroatoms. The van der Waals surface area contributed by atoms with E-state index in [-0.39, 0.29) is 46.3 Å². The summed E-state index contributed by atoms with van der Waals surface area (Å²) in [5, 5.41) is 20.7. The van der Waals surface area contributed by atoms with Gasteiger partial charge in [-0.3, -0.25) is 4.79 Å². The van der Waals surface area contributed by atoms with Crippen molar-refractivity contribution in [2.45, 2.75) is 32.6 Å². The number of ether oxygens (including phenoxy) is 1. The lowest BCUT2D eigenvalue weighted by Gasteiger charge is -2.23. The maximum Gasteiger partial charge on any atom is 0.419 e. The van der Waals surface area contributed by atoms with Crippen LogP contribution in [0, 0.1) is 12.7 Å². The highest BCUT2D eigenvalue weighted by molar-refractivity contribution is 7.09. The molecule has 0 spiro atoms. The summed E-state index contributed by atoms with van der Waals surface area (Å²) in [7, 11) is 0. The number of aliphatic carboxylic acids is 1. The Hall–Kier alpha value is -3.17. The molecule has 2 aromatic rings. The average molecular weight is 496 g/mol. The van der Waals surface area contributed by atoms with Gasteiger partial charge in [-0.25, -0.2) is 18.9 Å². The normalized spacial score (nSPS) is 12.9. The Kier molecular flexibility index (Phi) is 9.62. The number of rotatable bonds is 6. The van der Waals surface area contributed by atoms with Crippen LogP contribution in [0.25, 0.3) is 0 Å². The molecule has 0 saturated heterocycles. The topological polar surface area (TPSA) is 104 Å². The molecule has 0 saturated carbocycles. The zero-order chi connectivity index (χ0) is 24.5. The molecule has 1 aromatic carbocycles. The number of nitrogens with zero attached hydrogens (tertiary/aromatic N) is 1. The van der Waals surface area contributed by atoms with Gasteiger partial charge in [-0.15, -0.1) is 11.3 Å². The maximum absolute atomic E-state index is 14.4. The highest BCUT2D eigenvalue weighted by atomic mass is 35.5. The number of hydrogen-bond acceptors (Lipinski definition) is 5. The first-order valence-corrected chi connectivity index (χ1v) is 11.2. The molecule has 0 bridgehead atoms. The van der Waals surface area contributed by atoms with Gasteiger partial charge in [0.05, 0.1) is 10.7 Å². The molecule has 1 aromatic heterocycles. The van der Waals surface area contributed by atoms with Crippen molar-refractivity contribution >= 4 is 46.6 Å². The van der Waals surface area contributed by atoms with Crippen LogP contribution in [0.5, 0.6) is 5.75 Å². The molecule has 176 valence electrons. The molecule has 1 heterocycles. The molecule has 0 atom stereocenters. The summed E-state index contributed by atoms with van der Waals surface area (Å²) in [6.07, 6.45) is 0.993. The third kappa shape index (κ3) is 6.90. The number of imide groups is 1. The van der Waals surface area contributed by atoms with Gasteiger partial charge in [0.1, 0.15) is 18.2 Å². The van der Waals surface area contributed by atoms with Crippen LogP contribution in [0.2, 0.25) is 5.02 Å². The first-order valence-electron chi connectivity index (χ1n) is 9.92. The number of amides is 2. The highest BCUT2D eigenvalue weighted by Crippen LogP contribution is 2.35. The Morgan fingerprint density at radius 3 is 2.39 bits per heavy atom. The summed E-state index contributed by atoms with van der Waals surface area (Å²) in [6, 6.07) is 5.97. The van der Waals surface area contributed by atoms with E-state index in [4.69, 9.17) is 16.3 Å². The zero-order valence-electron chi connectivity index (χ0n) is 17.8. The Morgan fingerprint density at radius 1 is 1.24 bits per heavy atom. The van der Waals surface area contributed by atoms with Gasteiger partial charge in [-0.2, -0.15) is 0 Å². The number of thiophene rings is 1. The van der Waals surface area contributed by atoms with Crippen molar-refractivity contribution in [3.05, 3.63) is 69.2 Å². The second-order valence-corrected chi connectivity index (χ2v) is 8.51. The van der Waals surface area contributed by atoms with E-state index in [0.717, 1.165) is 12.1 Å². The van der Waals surface area contributed by atoms with Crippen molar-refractivity contribution in [1.82, 2.24) is 0 Å². The molecule has 2 amide bonds. The fraction of sp³-hybridized carbons (Fsp3) is 0.261. The van der Waals surface area contributed by atoms with Crippen LogP contribution in [-0.4, -0.2) is 34.8 Å². The summed E-state index contributed by atoms with van der Waals surface area (Å²) in [6.45, 7) is 5.59. The van der Waals surface area contributed by atoms with Crippen LogP contribution in [0.3, 0.4) is 0 Å². The van der Waals surface area contributed by atoms with E-state index < -0.39 is 29.5 Å². The molecule has 0 unspecified atom stereocenters. The van der Waals surface area contributed by atoms with Crippen molar-refractivity contribution in [3.8, 4) is 5.75 Å². The van der Waals surface area contributed by atoms with E-state index in [1.165, 1.54) is 11.0 Å². The SMILES string of the molecule is C=CCOc1cc(N(C(=O)O)C(=O)C2=C(C(=O)O)CCCC2)c(F)cc1Cl.Cc1cccs1. The van der Waals surface area contributed by atoms with Crippen LogP contribution < -0.4 is 9.64 Å². The summed E-state index contributed by atoms with van der Waals surface area (Å²) >= 11 is 7.66. The molecule has 0 radical (unpaired) electrons. The number of anilines is 1. The number of carboxylic acid groups (broad SMARTS) is 2. The van der Waals surface area contributed by atoms with Gasteiger partial charge >= 0.3 is 12.1 Å². The van der Waals surface area contributed by atoms with Crippen molar-refractivity contribution in [3.63, 3.8) is 0 Å². The minimum Gasteiger partial charge on any atom is -0.488 e. The van der Waals surface area contributed by atoms with Crippen LogP contribution >= 0.6 is 22.9 Å². The number of aryl methyl sites for hydroxylation is 1. The van der Waals surface area contributed by atoms with Crippen LogP contribution in [0.4, 0.5) is 14.9 Å². The highest BCUT2D eigenvalue weighted by Gasteiger charge is 2.33.